The number of nitrogens with zero attached hydrogens (tertiary/aromatic N) is 4. The Balaban J connectivity index is 0.00000208. The van der Waals surface area contributed by atoms with Gasteiger partial charge in [0.1, 0.15) is 5.82 Å². The molecule has 0 radical (unpaired) electrons. The molecule has 134 valence electrons. The van der Waals surface area contributed by atoms with E-state index in [0.29, 0.717) is 5.41 Å². The second-order valence-corrected chi connectivity index (χ2v) is 7.08. The third-order valence-electron chi connectivity index (χ3n) is 5.25. The number of aromatic nitrogens is 1. The van der Waals surface area contributed by atoms with Crippen molar-refractivity contribution >= 4 is 35.8 Å². The van der Waals surface area contributed by atoms with Gasteiger partial charge in [0, 0.05) is 46.0 Å². The highest BCUT2D eigenvalue weighted by molar-refractivity contribution is 14.0. The smallest absolute Gasteiger partial charge is 0.193 e. The van der Waals surface area contributed by atoms with Crippen LogP contribution in [0.1, 0.15) is 32.6 Å². The van der Waals surface area contributed by atoms with Crippen LogP contribution >= 0.6 is 24.0 Å². The molecule has 1 saturated carbocycles. The van der Waals surface area contributed by atoms with Gasteiger partial charge in [-0.15, -0.1) is 24.0 Å². The number of hydrogen-bond donors (Lipinski definition) is 1. The molecule has 1 aromatic rings. The van der Waals surface area contributed by atoms with Crippen molar-refractivity contribution in [1.29, 1.82) is 0 Å². The summed E-state index contributed by atoms with van der Waals surface area (Å²) < 4.78 is 0. The van der Waals surface area contributed by atoms with E-state index in [-0.39, 0.29) is 24.0 Å². The minimum atomic E-state index is 0. The molecular weight excluding hydrogens is 413 g/mol. The van der Waals surface area contributed by atoms with Gasteiger partial charge in [0.25, 0.3) is 0 Å². The van der Waals surface area contributed by atoms with E-state index in [4.69, 9.17) is 0 Å². The van der Waals surface area contributed by atoms with Crippen LogP contribution in [-0.4, -0.2) is 55.6 Å². The fourth-order valence-electron chi connectivity index (χ4n) is 3.72. The lowest BCUT2D eigenvalue weighted by molar-refractivity contribution is 0.317. The highest BCUT2D eigenvalue weighted by atomic mass is 127. The maximum absolute atomic E-state index is 4.50. The lowest BCUT2D eigenvalue weighted by atomic mass is 9.89. The van der Waals surface area contributed by atoms with E-state index in [1.807, 2.05) is 19.3 Å². The molecule has 0 bridgehead atoms. The summed E-state index contributed by atoms with van der Waals surface area (Å²) in [6.45, 7) is 7.42. The number of pyridine rings is 1. The lowest BCUT2D eigenvalue weighted by Crippen LogP contribution is -2.53. The topological polar surface area (TPSA) is 43.8 Å². The standard InChI is InChI=1S/C18H29N5.HI/c1-18(8-4-5-9-18)15-21-17(19-2)23-13-11-22(12-14-23)16-7-3-6-10-20-16;/h3,6-7,10H,4-5,8-9,11-15H2,1-2H3,(H,19,21);1H. The zero-order valence-corrected chi connectivity index (χ0v) is 17.2. The first-order valence-corrected chi connectivity index (χ1v) is 8.82. The molecule has 6 heteroatoms. The van der Waals surface area contributed by atoms with Gasteiger partial charge in [0.15, 0.2) is 5.96 Å². The summed E-state index contributed by atoms with van der Waals surface area (Å²) in [7, 11) is 1.89. The minimum Gasteiger partial charge on any atom is -0.356 e. The van der Waals surface area contributed by atoms with Crippen LogP contribution in [-0.2, 0) is 0 Å². The Bertz CT molecular complexity index is 519. The summed E-state index contributed by atoms with van der Waals surface area (Å²) in [6.07, 6.45) is 7.29. The molecule has 1 N–H and O–H groups in total. The zero-order valence-electron chi connectivity index (χ0n) is 14.9. The molecule has 0 amide bonds. The Morgan fingerprint density at radius 2 is 1.92 bits per heavy atom. The molecule has 2 aliphatic rings. The molecule has 0 unspecified atom stereocenters. The van der Waals surface area contributed by atoms with Crippen LogP contribution in [0.4, 0.5) is 5.82 Å². The predicted molar refractivity (Wildman–Crippen MR) is 111 cm³/mol. The lowest BCUT2D eigenvalue weighted by Gasteiger charge is -2.38. The summed E-state index contributed by atoms with van der Waals surface area (Å²) in [5.74, 6) is 2.13. The van der Waals surface area contributed by atoms with E-state index in [1.165, 1.54) is 25.7 Å². The number of piperazine rings is 1. The Labute approximate surface area is 162 Å². The van der Waals surface area contributed by atoms with Crippen LogP contribution < -0.4 is 10.2 Å². The van der Waals surface area contributed by atoms with Crippen molar-refractivity contribution in [2.24, 2.45) is 10.4 Å². The summed E-state index contributed by atoms with van der Waals surface area (Å²) in [5, 5.41) is 3.62. The van der Waals surface area contributed by atoms with Crippen LogP contribution in [0.5, 0.6) is 0 Å². The fourth-order valence-corrected chi connectivity index (χ4v) is 3.72. The third kappa shape index (κ3) is 4.74. The van der Waals surface area contributed by atoms with Gasteiger partial charge in [-0.1, -0.05) is 25.8 Å². The molecular formula is C18H30IN5. The number of halogens is 1. The van der Waals surface area contributed by atoms with Gasteiger partial charge in [0.05, 0.1) is 0 Å². The zero-order chi connectivity index (χ0) is 16.1. The molecule has 0 spiro atoms. The van der Waals surface area contributed by atoms with Crippen LogP contribution in [0.25, 0.3) is 0 Å². The largest absolute Gasteiger partial charge is 0.356 e. The second-order valence-electron chi connectivity index (χ2n) is 7.08. The Morgan fingerprint density at radius 1 is 1.21 bits per heavy atom. The van der Waals surface area contributed by atoms with E-state index >= 15 is 0 Å². The van der Waals surface area contributed by atoms with E-state index in [0.717, 1.165) is 44.5 Å². The number of anilines is 1. The first-order chi connectivity index (χ1) is 11.2. The van der Waals surface area contributed by atoms with Gasteiger partial charge in [-0.25, -0.2) is 4.98 Å². The Hall–Kier alpha value is -1.05. The molecule has 2 heterocycles. The van der Waals surface area contributed by atoms with Gasteiger partial charge in [-0.2, -0.15) is 0 Å². The number of guanidine groups is 1. The maximum atomic E-state index is 4.50. The van der Waals surface area contributed by atoms with Gasteiger partial charge < -0.3 is 15.1 Å². The monoisotopic (exact) mass is 443 g/mol. The molecule has 3 rings (SSSR count). The second kappa shape index (κ2) is 8.87. The average molecular weight is 443 g/mol. The van der Waals surface area contributed by atoms with Crippen molar-refractivity contribution in [3.8, 4) is 0 Å². The van der Waals surface area contributed by atoms with Crippen molar-refractivity contribution in [2.45, 2.75) is 32.6 Å². The first kappa shape index (κ1) is 19.3. The normalized spacial score (nSPS) is 20.7. The first-order valence-electron chi connectivity index (χ1n) is 8.82. The average Bonchev–Trinajstić information content (AvgIpc) is 3.04. The molecule has 0 aromatic carbocycles. The fraction of sp³-hybridized carbons (Fsp3) is 0.667. The Kier molecular flexibility index (Phi) is 7.13. The van der Waals surface area contributed by atoms with Crippen molar-refractivity contribution < 1.29 is 0 Å². The number of aliphatic imine (C=N–C) groups is 1. The molecule has 0 atom stereocenters. The molecule has 1 saturated heterocycles. The summed E-state index contributed by atoms with van der Waals surface area (Å²) in [6, 6.07) is 6.11. The molecule has 5 nitrogen and oxygen atoms in total. The van der Waals surface area contributed by atoms with Gasteiger partial charge >= 0.3 is 0 Å². The van der Waals surface area contributed by atoms with Crippen LogP contribution in [0.2, 0.25) is 0 Å². The van der Waals surface area contributed by atoms with Crippen LogP contribution in [0, 0.1) is 5.41 Å². The summed E-state index contributed by atoms with van der Waals surface area (Å²) >= 11 is 0. The van der Waals surface area contributed by atoms with Crippen molar-refractivity contribution in [2.75, 3.05) is 44.7 Å². The number of nitrogens with one attached hydrogen (secondary N) is 1. The van der Waals surface area contributed by atoms with E-state index < -0.39 is 0 Å². The summed E-state index contributed by atoms with van der Waals surface area (Å²) in [4.78, 5) is 13.7. The van der Waals surface area contributed by atoms with E-state index in [1.54, 1.807) is 0 Å². The van der Waals surface area contributed by atoms with Crippen molar-refractivity contribution in [3.63, 3.8) is 0 Å². The number of rotatable bonds is 3. The van der Waals surface area contributed by atoms with Gasteiger partial charge in [-0.05, 0) is 30.4 Å². The van der Waals surface area contributed by atoms with Crippen molar-refractivity contribution in [3.05, 3.63) is 24.4 Å². The third-order valence-corrected chi connectivity index (χ3v) is 5.25. The highest BCUT2D eigenvalue weighted by Crippen LogP contribution is 2.36. The molecule has 2 fully saturated rings. The van der Waals surface area contributed by atoms with E-state index in [2.05, 4.69) is 44.1 Å². The van der Waals surface area contributed by atoms with Crippen molar-refractivity contribution in [1.82, 2.24) is 15.2 Å². The van der Waals surface area contributed by atoms with Crippen LogP contribution in [0.15, 0.2) is 29.4 Å². The van der Waals surface area contributed by atoms with Gasteiger partial charge in [-0.3, -0.25) is 4.99 Å². The molecule has 24 heavy (non-hydrogen) atoms. The summed E-state index contributed by atoms with van der Waals surface area (Å²) in [5.41, 5.74) is 0.450. The minimum absolute atomic E-state index is 0. The predicted octanol–water partition coefficient (Wildman–Crippen LogP) is 2.98. The van der Waals surface area contributed by atoms with Gasteiger partial charge in [0.2, 0.25) is 0 Å². The maximum Gasteiger partial charge on any atom is 0.193 e. The highest BCUT2D eigenvalue weighted by Gasteiger charge is 2.29. The molecule has 1 aromatic heterocycles. The SMILES string of the molecule is CN=C(NCC1(C)CCCC1)N1CCN(c2ccccn2)CC1.I. The quantitative estimate of drug-likeness (QED) is 0.443. The van der Waals surface area contributed by atoms with E-state index in [9.17, 15) is 0 Å². The molecule has 1 aliphatic carbocycles. The number of hydrogen-bond acceptors (Lipinski definition) is 3. The Morgan fingerprint density at radius 3 is 2.50 bits per heavy atom. The van der Waals surface area contributed by atoms with Crippen LogP contribution in [0.3, 0.4) is 0 Å². The molecule has 1 aliphatic heterocycles.